The number of aliphatic hydroxyl groups excluding tert-OH is 4. The highest BCUT2D eigenvalue weighted by Crippen LogP contribution is 2.27. The van der Waals surface area contributed by atoms with Crippen LogP contribution in [0, 0.1) is 11.8 Å². The molecule has 0 aromatic heterocycles. The third-order valence-corrected chi connectivity index (χ3v) is 13.9. The monoisotopic (exact) mass is 1070 g/mol. The number of carboxylic acid groups (broad SMARTS) is 1. The number of nitrogens with one attached hydrogen (secondary N) is 7. The molecule has 2 heterocycles. The third-order valence-electron chi connectivity index (χ3n) is 12.6. The van der Waals surface area contributed by atoms with E-state index in [9.17, 15) is 78.3 Å². The minimum Gasteiger partial charge on any atom is -0.480 e. The molecule has 420 valence electrons. The molecule has 10 atom stereocenters. The van der Waals surface area contributed by atoms with E-state index in [4.69, 9.17) is 0 Å². The summed E-state index contributed by atoms with van der Waals surface area (Å²) >= 11 is 0.985. The lowest BCUT2D eigenvalue weighted by Crippen LogP contribution is -2.62. The first-order valence-corrected chi connectivity index (χ1v) is 26.6. The molecule has 0 aliphatic carbocycles. The maximum absolute atomic E-state index is 13.6. The molecule has 25 nitrogen and oxygen atoms in total. The van der Waals surface area contributed by atoms with E-state index in [2.05, 4.69) is 37.2 Å². The Bertz CT molecular complexity index is 1930. The molecule has 26 heteroatoms. The number of amides is 9. The number of likely N-dealkylation sites (tertiary alicyclic amines) is 2. The fourth-order valence-electron chi connectivity index (χ4n) is 8.23. The fourth-order valence-corrected chi connectivity index (χ4v) is 9.42. The van der Waals surface area contributed by atoms with Gasteiger partial charge in [0.2, 0.25) is 53.2 Å². The lowest BCUT2D eigenvalue weighted by Gasteiger charge is -2.43. The molecule has 2 saturated heterocycles. The summed E-state index contributed by atoms with van der Waals surface area (Å²) in [6, 6.07) is -5.47. The number of rotatable bonds is 35. The Morgan fingerprint density at radius 1 is 0.662 bits per heavy atom. The topological polar surface area (TPSA) is 380 Å². The van der Waals surface area contributed by atoms with Gasteiger partial charge in [-0.05, 0) is 51.5 Å². The molecule has 74 heavy (non-hydrogen) atoms. The molecular weight excluding hydrogens is 991 g/mol. The summed E-state index contributed by atoms with van der Waals surface area (Å²) in [7, 11) is 0. The van der Waals surface area contributed by atoms with E-state index in [0.29, 0.717) is 38.6 Å². The standard InChI is InChI=1S/C48H81N9O16S/c1-7-9-11-15-30(54-46(70)33(52-29(6)59)26-74-37-20-40(64)57(47(37)71)18-14-13-17-56-24-36(61)42(66)41(65)34(56)25-58)44(68)51-23-39(63)50-22-38(62)49-21-35(60)28(5)43(67)53-31(16-12-10-8-2)45(69)55-32(48(72)73)19-27(3)4/h27-28,30-34,36-37,41-42,58,61,65-66H,7-26H2,1-6H3,(H,49,62)(H,50,63)(H,51,68)(H,52,59)(H,53,67)(H,54,70)(H,55,69)(H,72,73)/t28?,30?,31?,32?,33?,34-,36+,37?,41-,42-/m1/s1. The number of unbranched alkanes of at least 4 members (excludes halogenated alkanes) is 5. The first kappa shape index (κ1) is 64.8. The number of carboxylic acids is 1. The Morgan fingerprint density at radius 2 is 1.20 bits per heavy atom. The first-order chi connectivity index (χ1) is 34.9. The molecule has 12 N–H and O–H groups in total. The van der Waals surface area contributed by atoms with Crippen LogP contribution in [-0.2, 0) is 52.7 Å². The van der Waals surface area contributed by atoms with Gasteiger partial charge < -0.3 is 62.8 Å². The number of carbonyl (C=O) groups excluding carboxylic acids is 10. The number of carbonyl (C=O) groups is 11. The SMILES string of the molecule is CCCCCC(NC(=O)C(CSC1CC(=O)N(CCCCN2C[C@H](O)[C@@H](O)[C@H](O)[C@H]2CO)C1=O)NC(C)=O)C(=O)NCC(=O)NCC(=O)NCC(=O)C(C)C(=O)NC(CCCCC)C(=O)NC(CC(C)C)C(=O)O. The maximum atomic E-state index is 13.6. The van der Waals surface area contributed by atoms with Crippen LogP contribution in [0.4, 0.5) is 0 Å². The molecule has 2 aliphatic rings. The van der Waals surface area contributed by atoms with Gasteiger partial charge in [-0.15, -0.1) is 11.8 Å². The summed E-state index contributed by atoms with van der Waals surface area (Å²) in [4.78, 5) is 144. The number of aliphatic hydroxyl groups is 4. The molecule has 2 fully saturated rings. The summed E-state index contributed by atoms with van der Waals surface area (Å²) in [5.41, 5.74) is 0. The number of hydrogen-bond acceptors (Lipinski definition) is 17. The second-order valence-electron chi connectivity index (χ2n) is 19.3. The van der Waals surface area contributed by atoms with Crippen molar-refractivity contribution < 1.29 is 78.3 Å². The van der Waals surface area contributed by atoms with Crippen molar-refractivity contribution in [1.29, 1.82) is 0 Å². The summed E-state index contributed by atoms with van der Waals surface area (Å²) in [5.74, 6) is -9.53. The summed E-state index contributed by atoms with van der Waals surface area (Å²) in [6.45, 7) is 8.06. The van der Waals surface area contributed by atoms with E-state index in [1.54, 1.807) is 18.7 Å². The maximum Gasteiger partial charge on any atom is 0.326 e. The van der Waals surface area contributed by atoms with Crippen molar-refractivity contribution in [2.24, 2.45) is 11.8 Å². The Balaban J connectivity index is 1.91. The van der Waals surface area contributed by atoms with Gasteiger partial charge in [-0.2, -0.15) is 0 Å². The summed E-state index contributed by atoms with van der Waals surface area (Å²) < 4.78 is 0. The van der Waals surface area contributed by atoms with Crippen molar-refractivity contribution in [3.05, 3.63) is 0 Å². The van der Waals surface area contributed by atoms with Gasteiger partial charge in [0, 0.05) is 32.2 Å². The average molecular weight is 1070 g/mol. The van der Waals surface area contributed by atoms with Crippen molar-refractivity contribution in [2.45, 2.75) is 172 Å². The molecule has 0 bridgehead atoms. The molecule has 9 amide bonds. The van der Waals surface area contributed by atoms with Crippen molar-refractivity contribution >= 4 is 76.7 Å². The highest BCUT2D eigenvalue weighted by Gasteiger charge is 2.42. The highest BCUT2D eigenvalue weighted by atomic mass is 32.2. The minimum absolute atomic E-state index is 0.0171. The number of piperidine rings is 1. The molecule has 0 spiro atoms. The number of thioether (sulfide) groups is 1. The lowest BCUT2D eigenvalue weighted by molar-refractivity contribution is -0.145. The quantitative estimate of drug-likeness (QED) is 0.0173. The molecule has 0 radical (unpaired) electrons. The number of imide groups is 1. The molecule has 0 aromatic rings. The van der Waals surface area contributed by atoms with Crippen molar-refractivity contribution in [3.63, 3.8) is 0 Å². The van der Waals surface area contributed by atoms with Gasteiger partial charge in [0.25, 0.3) is 0 Å². The predicted molar refractivity (Wildman–Crippen MR) is 269 cm³/mol. The van der Waals surface area contributed by atoms with Crippen molar-refractivity contribution in [2.75, 3.05) is 51.6 Å². The lowest BCUT2D eigenvalue weighted by atomic mass is 9.94. The van der Waals surface area contributed by atoms with Gasteiger partial charge in [0.1, 0.15) is 36.4 Å². The van der Waals surface area contributed by atoms with Crippen LogP contribution < -0.4 is 37.2 Å². The molecule has 6 unspecified atom stereocenters. The van der Waals surface area contributed by atoms with Crippen LogP contribution in [0.25, 0.3) is 0 Å². The van der Waals surface area contributed by atoms with E-state index >= 15 is 0 Å². The molecule has 2 rings (SSSR count). The number of β-amino-alcohol motifs (C(OH)–C–C–N with tert-alkyl or cyclic N) is 1. The smallest absolute Gasteiger partial charge is 0.326 e. The van der Waals surface area contributed by atoms with Crippen LogP contribution in [0.2, 0.25) is 0 Å². The van der Waals surface area contributed by atoms with Crippen LogP contribution in [0.15, 0.2) is 0 Å². The van der Waals surface area contributed by atoms with E-state index < -0.39 is 151 Å². The summed E-state index contributed by atoms with van der Waals surface area (Å²) in [5, 5.41) is 65.9. The van der Waals surface area contributed by atoms with E-state index in [1.807, 2.05) is 13.8 Å². The van der Waals surface area contributed by atoms with Gasteiger partial charge in [-0.1, -0.05) is 66.2 Å². The van der Waals surface area contributed by atoms with Crippen LogP contribution in [0.3, 0.4) is 0 Å². The largest absolute Gasteiger partial charge is 0.480 e. The zero-order valence-corrected chi connectivity index (χ0v) is 44.3. The number of nitrogens with zero attached hydrogens (tertiary/aromatic N) is 2. The van der Waals surface area contributed by atoms with Gasteiger partial charge in [-0.3, -0.25) is 57.7 Å². The van der Waals surface area contributed by atoms with Gasteiger partial charge in [-0.25, -0.2) is 4.79 Å². The predicted octanol–water partition coefficient (Wildman–Crippen LogP) is -2.81. The van der Waals surface area contributed by atoms with Crippen molar-refractivity contribution in [1.82, 2.24) is 47.0 Å². The Morgan fingerprint density at radius 3 is 1.77 bits per heavy atom. The zero-order valence-electron chi connectivity index (χ0n) is 43.5. The Kier molecular flexibility index (Phi) is 29.4. The zero-order chi connectivity index (χ0) is 55.7. The number of aliphatic carboxylic acids is 1. The Labute approximate surface area is 436 Å². The second-order valence-corrected chi connectivity index (χ2v) is 20.5. The second kappa shape index (κ2) is 33.6. The van der Waals surface area contributed by atoms with Gasteiger partial charge in [0.15, 0.2) is 5.78 Å². The van der Waals surface area contributed by atoms with E-state index in [0.717, 1.165) is 35.9 Å². The van der Waals surface area contributed by atoms with E-state index in [1.165, 1.54) is 13.8 Å². The van der Waals surface area contributed by atoms with Gasteiger partial charge in [0.05, 0.1) is 49.6 Å². The average Bonchev–Trinajstić information content (AvgIpc) is 3.62. The van der Waals surface area contributed by atoms with Crippen LogP contribution in [-0.4, -0.2) is 206 Å². The number of hydrogen-bond donors (Lipinski definition) is 12. The van der Waals surface area contributed by atoms with Gasteiger partial charge >= 0.3 is 5.97 Å². The fraction of sp³-hybridized carbons (Fsp3) is 0.771. The number of ketones is 1. The normalized spacial score (nSPS) is 20.9. The van der Waals surface area contributed by atoms with Crippen LogP contribution >= 0.6 is 11.8 Å². The minimum atomic E-state index is -1.40. The van der Waals surface area contributed by atoms with Crippen LogP contribution in [0.1, 0.15) is 119 Å². The first-order valence-electron chi connectivity index (χ1n) is 25.6. The van der Waals surface area contributed by atoms with E-state index in [-0.39, 0.29) is 50.4 Å². The molecule has 2 aliphatic heterocycles. The third kappa shape index (κ3) is 22.3. The molecular formula is C48H81N9O16S. The highest BCUT2D eigenvalue weighted by molar-refractivity contribution is 8.00. The van der Waals surface area contributed by atoms with Crippen molar-refractivity contribution in [3.8, 4) is 0 Å². The Hall–Kier alpha value is -5.28. The molecule has 0 aromatic carbocycles. The number of Topliss-reactive ketones (excluding diaryl/α,β-unsaturated/α-hetero) is 1. The molecule has 0 saturated carbocycles. The summed E-state index contributed by atoms with van der Waals surface area (Å²) in [6.07, 6.45) is 1.27. The van der Waals surface area contributed by atoms with Crippen LogP contribution in [0.5, 0.6) is 0 Å².